The van der Waals surface area contributed by atoms with E-state index < -0.39 is 0 Å². The second-order valence-corrected chi connectivity index (χ2v) is 5.22. The first kappa shape index (κ1) is 17.9. The molecule has 0 saturated heterocycles. The molecule has 21 heavy (non-hydrogen) atoms. The van der Waals surface area contributed by atoms with Gasteiger partial charge in [0, 0.05) is 31.4 Å². The van der Waals surface area contributed by atoms with E-state index in [-0.39, 0.29) is 11.9 Å². The van der Waals surface area contributed by atoms with E-state index in [0.29, 0.717) is 12.2 Å². The summed E-state index contributed by atoms with van der Waals surface area (Å²) < 4.78 is 19.4. The number of aryl methyl sites for hydroxylation is 1. The molecule has 1 rings (SSSR count). The van der Waals surface area contributed by atoms with Gasteiger partial charge in [-0.05, 0) is 57.5 Å². The lowest BCUT2D eigenvalue weighted by Crippen LogP contribution is -2.30. The zero-order valence-electron chi connectivity index (χ0n) is 14.0. The molecule has 3 nitrogen and oxygen atoms in total. The summed E-state index contributed by atoms with van der Waals surface area (Å²) in [5, 5.41) is 3.37. The monoisotopic (exact) mass is 296 g/mol. The standard InChI is InChI=1S/C17H29FN2O/c1-6-19-14(5)15-12-16(18)13(4)11-17(15)20(7-2)9-10-21-8-3/h11-12,14,19H,6-10H2,1-5H3. The second-order valence-electron chi connectivity index (χ2n) is 5.22. The highest BCUT2D eigenvalue weighted by Crippen LogP contribution is 2.29. The van der Waals surface area contributed by atoms with E-state index in [4.69, 9.17) is 4.74 Å². The number of nitrogens with one attached hydrogen (secondary N) is 1. The van der Waals surface area contributed by atoms with Crippen molar-refractivity contribution in [2.45, 2.75) is 40.7 Å². The molecule has 120 valence electrons. The normalized spacial score (nSPS) is 12.5. The average molecular weight is 296 g/mol. The van der Waals surface area contributed by atoms with Gasteiger partial charge in [0.05, 0.1) is 6.61 Å². The molecule has 0 aliphatic carbocycles. The second kappa shape index (κ2) is 9.00. The first-order valence-corrected chi connectivity index (χ1v) is 7.91. The number of ether oxygens (including phenoxy) is 1. The summed E-state index contributed by atoms with van der Waals surface area (Å²) >= 11 is 0. The van der Waals surface area contributed by atoms with Crippen molar-refractivity contribution in [1.82, 2.24) is 5.32 Å². The predicted molar refractivity (Wildman–Crippen MR) is 87.6 cm³/mol. The number of hydrogen-bond acceptors (Lipinski definition) is 3. The number of rotatable bonds is 9. The van der Waals surface area contributed by atoms with Crippen molar-refractivity contribution >= 4 is 5.69 Å². The maximum Gasteiger partial charge on any atom is 0.126 e. The molecule has 0 aromatic heterocycles. The van der Waals surface area contributed by atoms with Crippen molar-refractivity contribution in [2.75, 3.05) is 37.7 Å². The first-order valence-electron chi connectivity index (χ1n) is 7.91. The maximum atomic E-state index is 14.0. The minimum atomic E-state index is -0.139. The van der Waals surface area contributed by atoms with Gasteiger partial charge in [-0.1, -0.05) is 6.92 Å². The summed E-state index contributed by atoms with van der Waals surface area (Å²) in [4.78, 5) is 2.26. The quantitative estimate of drug-likeness (QED) is 0.704. The molecule has 0 radical (unpaired) electrons. The lowest BCUT2D eigenvalue weighted by Gasteiger charge is -2.28. The Kier molecular flexibility index (Phi) is 7.68. The van der Waals surface area contributed by atoms with Gasteiger partial charge in [0.15, 0.2) is 0 Å². The number of hydrogen-bond donors (Lipinski definition) is 1. The number of benzene rings is 1. The highest BCUT2D eigenvalue weighted by Gasteiger charge is 2.17. The van der Waals surface area contributed by atoms with Crippen molar-refractivity contribution in [2.24, 2.45) is 0 Å². The largest absolute Gasteiger partial charge is 0.380 e. The van der Waals surface area contributed by atoms with Crippen molar-refractivity contribution in [3.8, 4) is 0 Å². The van der Waals surface area contributed by atoms with Gasteiger partial charge in [-0.15, -0.1) is 0 Å². The molecule has 1 aromatic rings. The molecule has 0 aliphatic heterocycles. The SMILES string of the molecule is CCNC(C)c1cc(F)c(C)cc1N(CC)CCOCC. The third-order valence-electron chi connectivity index (χ3n) is 3.72. The third kappa shape index (κ3) is 4.97. The molecular weight excluding hydrogens is 267 g/mol. The van der Waals surface area contributed by atoms with Crippen LogP contribution in [0.4, 0.5) is 10.1 Å². The van der Waals surface area contributed by atoms with Gasteiger partial charge >= 0.3 is 0 Å². The Morgan fingerprint density at radius 3 is 2.57 bits per heavy atom. The minimum Gasteiger partial charge on any atom is -0.380 e. The fraction of sp³-hybridized carbons (Fsp3) is 0.647. The summed E-state index contributed by atoms with van der Waals surface area (Å²) in [6, 6.07) is 3.75. The predicted octanol–water partition coefficient (Wildman–Crippen LogP) is 3.67. The zero-order chi connectivity index (χ0) is 15.8. The first-order chi connectivity index (χ1) is 10.0. The molecule has 1 unspecified atom stereocenters. The molecule has 4 heteroatoms. The van der Waals surface area contributed by atoms with Crippen LogP contribution in [0.2, 0.25) is 0 Å². The molecule has 0 bridgehead atoms. The van der Waals surface area contributed by atoms with Crippen LogP contribution < -0.4 is 10.2 Å². The van der Waals surface area contributed by atoms with Gasteiger partial charge < -0.3 is 15.0 Å². The Balaban J connectivity index is 3.08. The van der Waals surface area contributed by atoms with Crippen LogP contribution in [-0.4, -0.2) is 32.8 Å². The van der Waals surface area contributed by atoms with Crippen LogP contribution in [0.25, 0.3) is 0 Å². The van der Waals surface area contributed by atoms with Crippen LogP contribution in [0.1, 0.15) is 44.9 Å². The molecule has 0 spiro atoms. The molecule has 1 aromatic carbocycles. The van der Waals surface area contributed by atoms with Gasteiger partial charge in [-0.3, -0.25) is 0 Å². The highest BCUT2D eigenvalue weighted by atomic mass is 19.1. The summed E-state index contributed by atoms with van der Waals surface area (Å²) in [5.74, 6) is -0.139. The highest BCUT2D eigenvalue weighted by molar-refractivity contribution is 5.57. The van der Waals surface area contributed by atoms with Crippen LogP contribution >= 0.6 is 0 Å². The molecule has 0 heterocycles. The molecular formula is C17H29FN2O. The van der Waals surface area contributed by atoms with Crippen LogP contribution in [-0.2, 0) is 4.74 Å². The lowest BCUT2D eigenvalue weighted by molar-refractivity contribution is 0.154. The molecule has 0 aliphatic rings. The Hall–Kier alpha value is -1.13. The van der Waals surface area contributed by atoms with E-state index in [2.05, 4.69) is 31.0 Å². The minimum absolute atomic E-state index is 0.126. The van der Waals surface area contributed by atoms with Crippen LogP contribution in [0.5, 0.6) is 0 Å². The topological polar surface area (TPSA) is 24.5 Å². The fourth-order valence-electron chi connectivity index (χ4n) is 2.49. The Bertz CT molecular complexity index is 437. The van der Waals surface area contributed by atoms with Gasteiger partial charge in [-0.25, -0.2) is 4.39 Å². The molecule has 0 fully saturated rings. The van der Waals surface area contributed by atoms with Crippen LogP contribution in [0, 0.1) is 12.7 Å². The smallest absolute Gasteiger partial charge is 0.126 e. The zero-order valence-corrected chi connectivity index (χ0v) is 14.0. The van der Waals surface area contributed by atoms with Gasteiger partial charge in [0.1, 0.15) is 5.82 Å². The van der Waals surface area contributed by atoms with E-state index in [0.717, 1.165) is 37.5 Å². The number of anilines is 1. The summed E-state index contributed by atoms with van der Waals surface area (Å²) in [5.41, 5.74) is 2.80. The summed E-state index contributed by atoms with van der Waals surface area (Å²) in [6.45, 7) is 14.0. The molecule has 1 N–H and O–H groups in total. The van der Waals surface area contributed by atoms with E-state index in [9.17, 15) is 4.39 Å². The van der Waals surface area contributed by atoms with Gasteiger partial charge in [-0.2, -0.15) is 0 Å². The van der Waals surface area contributed by atoms with E-state index >= 15 is 0 Å². The van der Waals surface area contributed by atoms with Gasteiger partial charge in [0.2, 0.25) is 0 Å². The maximum absolute atomic E-state index is 14.0. The summed E-state index contributed by atoms with van der Waals surface area (Å²) in [7, 11) is 0. The molecule has 0 amide bonds. The third-order valence-corrected chi connectivity index (χ3v) is 3.72. The van der Waals surface area contributed by atoms with Crippen molar-refractivity contribution < 1.29 is 9.13 Å². The average Bonchev–Trinajstić information content (AvgIpc) is 2.46. The number of halogens is 1. The summed E-state index contributed by atoms with van der Waals surface area (Å²) in [6.07, 6.45) is 0. The van der Waals surface area contributed by atoms with Crippen molar-refractivity contribution in [3.05, 3.63) is 29.1 Å². The molecule has 1 atom stereocenters. The van der Waals surface area contributed by atoms with Crippen LogP contribution in [0.15, 0.2) is 12.1 Å². The fourth-order valence-corrected chi connectivity index (χ4v) is 2.49. The molecule has 0 saturated carbocycles. The Morgan fingerprint density at radius 1 is 1.29 bits per heavy atom. The van der Waals surface area contributed by atoms with E-state index in [1.807, 2.05) is 19.9 Å². The van der Waals surface area contributed by atoms with E-state index in [1.165, 1.54) is 0 Å². The Labute approximate surface area is 128 Å². The Morgan fingerprint density at radius 2 is 2.00 bits per heavy atom. The van der Waals surface area contributed by atoms with Gasteiger partial charge in [0.25, 0.3) is 0 Å². The van der Waals surface area contributed by atoms with Crippen LogP contribution in [0.3, 0.4) is 0 Å². The van der Waals surface area contributed by atoms with E-state index in [1.54, 1.807) is 6.07 Å². The number of nitrogens with zero attached hydrogens (tertiary/aromatic N) is 1. The van der Waals surface area contributed by atoms with Crippen molar-refractivity contribution in [3.63, 3.8) is 0 Å². The lowest BCUT2D eigenvalue weighted by atomic mass is 10.0. The number of likely N-dealkylation sites (N-methyl/N-ethyl adjacent to an activating group) is 1. The van der Waals surface area contributed by atoms with Crippen molar-refractivity contribution in [1.29, 1.82) is 0 Å².